The summed E-state index contributed by atoms with van der Waals surface area (Å²) in [5.74, 6) is -0.598. The number of unbranched alkanes of at least 4 members (excludes halogenated alkanes) is 1. The topological polar surface area (TPSA) is 82.2 Å². The standard InChI is InChI=1S/C25H36N4O4/c1-2-3-18-33-25(32)29-12-10-21(11-13-29)28-16-14-27(15-17-28)20-6-4-19(5-7-20)22-8-9-23(30)26-24(22)31/h4-7,21-22H,2-3,8-18H2,1H3,(H,26,30,31). The van der Waals surface area contributed by atoms with Gasteiger partial charge in [-0.2, -0.15) is 0 Å². The van der Waals surface area contributed by atoms with Crippen molar-refractivity contribution < 1.29 is 19.1 Å². The second kappa shape index (κ2) is 11.0. The van der Waals surface area contributed by atoms with E-state index in [1.165, 1.54) is 5.69 Å². The van der Waals surface area contributed by atoms with Crippen molar-refractivity contribution in [3.63, 3.8) is 0 Å². The highest BCUT2D eigenvalue weighted by Crippen LogP contribution is 2.28. The fourth-order valence-corrected chi connectivity index (χ4v) is 5.08. The van der Waals surface area contributed by atoms with Crippen molar-refractivity contribution in [3.8, 4) is 0 Å². The number of rotatable bonds is 6. The highest BCUT2D eigenvalue weighted by molar-refractivity contribution is 6.00. The molecule has 1 aromatic rings. The van der Waals surface area contributed by atoms with E-state index in [1.54, 1.807) is 0 Å². The number of piperazine rings is 1. The fourth-order valence-electron chi connectivity index (χ4n) is 5.08. The monoisotopic (exact) mass is 456 g/mol. The Kier molecular flexibility index (Phi) is 7.85. The first-order valence-electron chi connectivity index (χ1n) is 12.4. The lowest BCUT2D eigenvalue weighted by molar-refractivity contribution is -0.134. The number of likely N-dealkylation sites (tertiary alicyclic amines) is 1. The number of benzene rings is 1. The SMILES string of the molecule is CCCCOC(=O)N1CCC(N2CCN(c3ccc(C4CCC(=O)NC4=O)cc3)CC2)CC1. The highest BCUT2D eigenvalue weighted by atomic mass is 16.6. The second-order valence-corrected chi connectivity index (χ2v) is 9.30. The van der Waals surface area contributed by atoms with E-state index in [4.69, 9.17) is 4.74 Å². The highest BCUT2D eigenvalue weighted by Gasteiger charge is 2.30. The van der Waals surface area contributed by atoms with E-state index in [1.807, 2.05) is 17.0 Å². The number of hydrogen-bond acceptors (Lipinski definition) is 6. The van der Waals surface area contributed by atoms with E-state index >= 15 is 0 Å². The Hall–Kier alpha value is -2.61. The summed E-state index contributed by atoms with van der Waals surface area (Å²) in [6, 6.07) is 8.77. The molecule has 0 saturated carbocycles. The molecule has 3 saturated heterocycles. The number of carbonyl (C=O) groups is 3. The van der Waals surface area contributed by atoms with Crippen molar-refractivity contribution in [1.82, 2.24) is 15.1 Å². The average Bonchev–Trinajstić information content (AvgIpc) is 2.85. The zero-order chi connectivity index (χ0) is 23.2. The van der Waals surface area contributed by atoms with Crippen LogP contribution in [0.1, 0.15) is 56.9 Å². The van der Waals surface area contributed by atoms with Gasteiger partial charge in [-0.25, -0.2) is 4.79 Å². The van der Waals surface area contributed by atoms with Crippen molar-refractivity contribution in [3.05, 3.63) is 29.8 Å². The summed E-state index contributed by atoms with van der Waals surface area (Å²) in [6.07, 6.45) is 4.79. The predicted octanol–water partition coefficient (Wildman–Crippen LogP) is 2.73. The van der Waals surface area contributed by atoms with Crippen LogP contribution in [0.2, 0.25) is 0 Å². The van der Waals surface area contributed by atoms with Gasteiger partial charge in [-0.05, 0) is 43.4 Å². The Morgan fingerprint density at radius 2 is 1.70 bits per heavy atom. The molecular formula is C25H36N4O4. The van der Waals surface area contributed by atoms with Gasteiger partial charge in [0.05, 0.1) is 12.5 Å². The molecule has 3 heterocycles. The molecule has 3 amide bonds. The van der Waals surface area contributed by atoms with Gasteiger partial charge in [-0.3, -0.25) is 19.8 Å². The third kappa shape index (κ3) is 5.85. The van der Waals surface area contributed by atoms with Gasteiger partial charge < -0.3 is 14.5 Å². The van der Waals surface area contributed by atoms with E-state index in [2.05, 4.69) is 34.2 Å². The van der Waals surface area contributed by atoms with Crippen LogP contribution in [-0.4, -0.2) is 79.6 Å². The number of carbonyl (C=O) groups excluding carboxylic acids is 3. The zero-order valence-corrected chi connectivity index (χ0v) is 19.6. The van der Waals surface area contributed by atoms with Crippen LogP contribution in [0.4, 0.5) is 10.5 Å². The van der Waals surface area contributed by atoms with Crippen LogP contribution in [0.3, 0.4) is 0 Å². The molecule has 1 N–H and O–H groups in total. The molecule has 1 aromatic carbocycles. The Morgan fingerprint density at radius 1 is 1.00 bits per heavy atom. The molecule has 3 fully saturated rings. The van der Waals surface area contributed by atoms with E-state index < -0.39 is 0 Å². The number of nitrogens with one attached hydrogen (secondary N) is 1. The van der Waals surface area contributed by atoms with Crippen molar-refractivity contribution in [2.75, 3.05) is 50.8 Å². The molecule has 1 unspecified atom stereocenters. The molecule has 0 spiro atoms. The van der Waals surface area contributed by atoms with Crippen LogP contribution < -0.4 is 10.2 Å². The number of ether oxygens (including phenoxy) is 1. The number of hydrogen-bond donors (Lipinski definition) is 1. The van der Waals surface area contributed by atoms with Crippen LogP contribution in [-0.2, 0) is 14.3 Å². The normalized spacial score (nSPS) is 22.9. The van der Waals surface area contributed by atoms with Gasteiger partial charge in [0, 0.05) is 57.4 Å². The number of imide groups is 1. The van der Waals surface area contributed by atoms with Crippen molar-refractivity contribution in [2.45, 2.75) is 57.4 Å². The van der Waals surface area contributed by atoms with Gasteiger partial charge in [0.2, 0.25) is 11.8 Å². The molecule has 33 heavy (non-hydrogen) atoms. The number of piperidine rings is 2. The maximum Gasteiger partial charge on any atom is 0.409 e. The lowest BCUT2D eigenvalue weighted by Gasteiger charge is -2.43. The lowest BCUT2D eigenvalue weighted by Crippen LogP contribution is -2.53. The van der Waals surface area contributed by atoms with Crippen molar-refractivity contribution in [2.24, 2.45) is 0 Å². The molecule has 0 aliphatic carbocycles. The van der Waals surface area contributed by atoms with Crippen LogP contribution in [0.5, 0.6) is 0 Å². The van der Waals surface area contributed by atoms with E-state index in [-0.39, 0.29) is 23.8 Å². The Bertz CT molecular complexity index is 827. The van der Waals surface area contributed by atoms with E-state index in [0.717, 1.165) is 70.5 Å². The van der Waals surface area contributed by atoms with Gasteiger partial charge in [0.15, 0.2) is 0 Å². The third-order valence-corrected chi connectivity index (χ3v) is 7.18. The molecule has 0 radical (unpaired) electrons. The lowest BCUT2D eigenvalue weighted by atomic mass is 9.90. The quantitative estimate of drug-likeness (QED) is 0.524. The Morgan fingerprint density at radius 3 is 2.33 bits per heavy atom. The molecule has 3 aliphatic heterocycles. The second-order valence-electron chi connectivity index (χ2n) is 9.30. The van der Waals surface area contributed by atoms with Crippen molar-refractivity contribution >= 4 is 23.6 Å². The van der Waals surface area contributed by atoms with Crippen LogP contribution in [0.15, 0.2) is 24.3 Å². The minimum atomic E-state index is -0.233. The summed E-state index contributed by atoms with van der Waals surface area (Å²) < 4.78 is 5.35. The van der Waals surface area contributed by atoms with Crippen LogP contribution >= 0.6 is 0 Å². The molecule has 3 aliphatic rings. The Labute approximate surface area is 196 Å². The molecule has 0 bridgehead atoms. The summed E-state index contributed by atoms with van der Waals surface area (Å²) in [5.41, 5.74) is 2.15. The summed E-state index contributed by atoms with van der Waals surface area (Å²) >= 11 is 0. The minimum Gasteiger partial charge on any atom is -0.449 e. The molecular weight excluding hydrogens is 420 g/mol. The minimum absolute atomic E-state index is 0.160. The predicted molar refractivity (Wildman–Crippen MR) is 126 cm³/mol. The first-order valence-corrected chi connectivity index (χ1v) is 12.4. The van der Waals surface area contributed by atoms with Gasteiger partial charge in [0.1, 0.15) is 0 Å². The van der Waals surface area contributed by atoms with Gasteiger partial charge in [-0.1, -0.05) is 25.5 Å². The zero-order valence-electron chi connectivity index (χ0n) is 19.6. The van der Waals surface area contributed by atoms with Crippen LogP contribution in [0, 0.1) is 0 Å². The molecule has 8 nitrogen and oxygen atoms in total. The smallest absolute Gasteiger partial charge is 0.409 e. The number of amides is 3. The fraction of sp³-hybridized carbons (Fsp3) is 0.640. The molecule has 8 heteroatoms. The first-order chi connectivity index (χ1) is 16.0. The Balaban J connectivity index is 1.22. The maximum absolute atomic E-state index is 12.2. The maximum atomic E-state index is 12.2. The summed E-state index contributed by atoms with van der Waals surface area (Å²) in [5, 5.41) is 2.44. The van der Waals surface area contributed by atoms with E-state index in [0.29, 0.717) is 25.5 Å². The average molecular weight is 457 g/mol. The molecule has 1 atom stereocenters. The first kappa shape index (κ1) is 23.5. The molecule has 0 aromatic heterocycles. The van der Waals surface area contributed by atoms with Gasteiger partial charge >= 0.3 is 6.09 Å². The third-order valence-electron chi connectivity index (χ3n) is 7.18. The largest absolute Gasteiger partial charge is 0.449 e. The number of nitrogens with zero attached hydrogens (tertiary/aromatic N) is 3. The van der Waals surface area contributed by atoms with E-state index in [9.17, 15) is 14.4 Å². The molecule has 180 valence electrons. The number of anilines is 1. The summed E-state index contributed by atoms with van der Waals surface area (Å²) in [4.78, 5) is 42.5. The van der Waals surface area contributed by atoms with Crippen LogP contribution in [0.25, 0.3) is 0 Å². The van der Waals surface area contributed by atoms with Gasteiger partial charge in [0.25, 0.3) is 0 Å². The summed E-state index contributed by atoms with van der Waals surface area (Å²) in [7, 11) is 0. The van der Waals surface area contributed by atoms with Crippen molar-refractivity contribution in [1.29, 1.82) is 0 Å². The van der Waals surface area contributed by atoms with Gasteiger partial charge in [-0.15, -0.1) is 0 Å². The molecule has 4 rings (SSSR count). The summed E-state index contributed by atoms with van der Waals surface area (Å²) in [6.45, 7) is 8.13.